The van der Waals surface area contributed by atoms with Gasteiger partial charge in [0.15, 0.2) is 0 Å². The van der Waals surface area contributed by atoms with E-state index in [9.17, 15) is 9.59 Å². The van der Waals surface area contributed by atoms with Crippen LogP contribution in [-0.2, 0) is 19.1 Å². The van der Waals surface area contributed by atoms with Gasteiger partial charge in [0.25, 0.3) is 0 Å². The fourth-order valence-corrected chi connectivity index (χ4v) is 5.03. The Hall–Kier alpha value is -0.900. The lowest BCUT2D eigenvalue weighted by Gasteiger charge is -2.36. The lowest BCUT2D eigenvalue weighted by atomic mass is 9.73. The van der Waals surface area contributed by atoms with E-state index in [0.717, 1.165) is 57.8 Å². The maximum absolute atomic E-state index is 12.5. The van der Waals surface area contributed by atoms with E-state index in [2.05, 4.69) is 27.7 Å². The van der Waals surface area contributed by atoms with Gasteiger partial charge in [-0.1, -0.05) is 27.7 Å². The summed E-state index contributed by atoms with van der Waals surface area (Å²) in [7, 11) is 0. The van der Waals surface area contributed by atoms with Gasteiger partial charge in [-0.2, -0.15) is 0 Å². The maximum atomic E-state index is 12.5. The van der Waals surface area contributed by atoms with Crippen LogP contribution in [-0.4, -0.2) is 30.1 Å². The normalized spacial score (nSPS) is 29.3. The molecule has 0 N–H and O–H groups in total. The number of esters is 1. The molecule has 2 rings (SSSR count). The van der Waals surface area contributed by atoms with Gasteiger partial charge in [0.2, 0.25) is 0 Å². The maximum Gasteiger partial charge on any atom is 0.308 e. The van der Waals surface area contributed by atoms with Crippen LogP contribution in [0.4, 0.5) is 0 Å². The average molecular weight is 423 g/mol. The van der Waals surface area contributed by atoms with Crippen molar-refractivity contribution in [3.8, 4) is 0 Å². The Balaban J connectivity index is 1.68. The van der Waals surface area contributed by atoms with Crippen LogP contribution in [0.3, 0.4) is 0 Å². The molecule has 2 aliphatic carbocycles. The van der Waals surface area contributed by atoms with Crippen molar-refractivity contribution in [2.75, 3.05) is 6.61 Å². The third kappa shape index (κ3) is 7.35. The highest BCUT2D eigenvalue weighted by molar-refractivity contribution is 5.86. The molecular formula is C26H46O4. The van der Waals surface area contributed by atoms with Gasteiger partial charge in [0.1, 0.15) is 5.78 Å². The minimum atomic E-state index is -0.286. The Morgan fingerprint density at radius 2 is 1.40 bits per heavy atom. The minimum absolute atomic E-state index is 0.0185. The Morgan fingerprint density at radius 3 is 1.90 bits per heavy atom. The van der Waals surface area contributed by atoms with Crippen molar-refractivity contribution in [2.45, 2.75) is 118 Å². The summed E-state index contributed by atoms with van der Waals surface area (Å²) in [5.74, 6) is 1.49. The highest BCUT2D eigenvalue weighted by Gasteiger charge is 2.35. The molecule has 0 bridgehead atoms. The molecule has 4 nitrogen and oxygen atoms in total. The third-order valence-electron chi connectivity index (χ3n) is 7.54. The number of ether oxygens (including phenoxy) is 2. The second kappa shape index (κ2) is 10.6. The van der Waals surface area contributed by atoms with Crippen molar-refractivity contribution < 1.29 is 19.1 Å². The summed E-state index contributed by atoms with van der Waals surface area (Å²) in [6.07, 6.45) is 9.09. The van der Waals surface area contributed by atoms with Crippen LogP contribution in [0.1, 0.15) is 106 Å². The molecule has 1 unspecified atom stereocenters. The van der Waals surface area contributed by atoms with Gasteiger partial charge in [-0.15, -0.1) is 0 Å². The van der Waals surface area contributed by atoms with Crippen molar-refractivity contribution in [1.82, 2.24) is 0 Å². The van der Waals surface area contributed by atoms with Gasteiger partial charge in [-0.3, -0.25) is 9.59 Å². The lowest BCUT2D eigenvalue weighted by molar-refractivity contribution is -0.153. The molecule has 2 saturated carbocycles. The lowest BCUT2D eigenvalue weighted by Crippen LogP contribution is -2.35. The molecule has 1 atom stereocenters. The van der Waals surface area contributed by atoms with E-state index < -0.39 is 0 Å². The van der Waals surface area contributed by atoms with Crippen molar-refractivity contribution in [2.24, 2.45) is 29.1 Å². The standard InChI is InChI=1S/C26H46O4/c1-8-26(6,7)30-18(2)20-11-9-19(10-12-20)17-29-24(28)22-15-13-21(14-16-22)23(27)25(3,4)5/h18-22H,8-17H2,1-7H3. The van der Waals surface area contributed by atoms with E-state index >= 15 is 0 Å². The first kappa shape index (κ1) is 25.4. The number of rotatable bonds is 8. The van der Waals surface area contributed by atoms with Gasteiger partial charge < -0.3 is 9.47 Å². The predicted octanol–water partition coefficient (Wildman–Crippen LogP) is 6.35. The number of hydrogen-bond acceptors (Lipinski definition) is 4. The largest absolute Gasteiger partial charge is 0.465 e. The van der Waals surface area contributed by atoms with Gasteiger partial charge >= 0.3 is 5.97 Å². The van der Waals surface area contributed by atoms with Crippen LogP contribution in [0.15, 0.2) is 0 Å². The molecule has 0 aromatic rings. The average Bonchev–Trinajstić information content (AvgIpc) is 2.71. The molecule has 4 heteroatoms. The second-order valence-corrected chi connectivity index (χ2v) is 11.5. The second-order valence-electron chi connectivity index (χ2n) is 11.5. The molecule has 0 radical (unpaired) electrons. The molecule has 174 valence electrons. The van der Waals surface area contributed by atoms with E-state index in [4.69, 9.17) is 9.47 Å². The van der Waals surface area contributed by atoms with Crippen molar-refractivity contribution >= 4 is 11.8 Å². The number of ketones is 1. The molecule has 30 heavy (non-hydrogen) atoms. The molecule has 2 aliphatic rings. The topological polar surface area (TPSA) is 52.6 Å². The first-order valence-corrected chi connectivity index (χ1v) is 12.3. The Kier molecular flexibility index (Phi) is 8.97. The Morgan fingerprint density at radius 1 is 0.867 bits per heavy atom. The Labute approximate surface area is 184 Å². The highest BCUT2D eigenvalue weighted by Crippen LogP contribution is 2.36. The molecule has 0 spiro atoms. The van der Waals surface area contributed by atoms with Crippen LogP contribution < -0.4 is 0 Å². The fourth-order valence-electron chi connectivity index (χ4n) is 5.03. The number of Topliss-reactive ketones (excluding diaryl/α,β-unsaturated/α-hetero) is 1. The number of carbonyl (C=O) groups excluding carboxylic acids is 2. The zero-order valence-electron chi connectivity index (χ0n) is 20.6. The van der Waals surface area contributed by atoms with Crippen LogP contribution in [0, 0.1) is 29.1 Å². The summed E-state index contributed by atoms with van der Waals surface area (Å²) in [5.41, 5.74) is -0.339. The van der Waals surface area contributed by atoms with E-state index in [-0.39, 0.29) is 34.9 Å². The first-order valence-electron chi connectivity index (χ1n) is 12.3. The summed E-state index contributed by atoms with van der Waals surface area (Å²) in [4.78, 5) is 25.0. The molecule has 0 aliphatic heterocycles. The smallest absolute Gasteiger partial charge is 0.308 e. The highest BCUT2D eigenvalue weighted by atomic mass is 16.5. The molecular weight excluding hydrogens is 376 g/mol. The predicted molar refractivity (Wildman–Crippen MR) is 121 cm³/mol. The number of hydrogen-bond donors (Lipinski definition) is 0. The van der Waals surface area contributed by atoms with Crippen LogP contribution >= 0.6 is 0 Å². The van der Waals surface area contributed by atoms with Gasteiger partial charge in [-0.25, -0.2) is 0 Å². The van der Waals surface area contributed by atoms with E-state index in [1.165, 1.54) is 0 Å². The van der Waals surface area contributed by atoms with E-state index in [0.29, 0.717) is 24.2 Å². The van der Waals surface area contributed by atoms with Crippen molar-refractivity contribution in [3.63, 3.8) is 0 Å². The molecule has 0 amide bonds. The Bertz CT molecular complexity index is 558. The van der Waals surface area contributed by atoms with Crippen LogP contribution in [0.25, 0.3) is 0 Å². The SMILES string of the molecule is CCC(C)(C)OC(C)C1CCC(COC(=O)C2CCC(C(=O)C(C)(C)C)CC2)CC1. The van der Waals surface area contributed by atoms with Crippen molar-refractivity contribution in [1.29, 1.82) is 0 Å². The molecule has 0 aromatic carbocycles. The number of carbonyl (C=O) groups is 2. The zero-order chi connectivity index (χ0) is 22.5. The molecule has 0 saturated heterocycles. The molecule has 2 fully saturated rings. The summed E-state index contributed by atoms with van der Waals surface area (Å²) in [6, 6.07) is 0. The first-order chi connectivity index (χ1) is 13.9. The minimum Gasteiger partial charge on any atom is -0.465 e. The fraction of sp³-hybridized carbons (Fsp3) is 0.923. The molecule has 0 aromatic heterocycles. The quantitative estimate of drug-likeness (QED) is 0.428. The van der Waals surface area contributed by atoms with E-state index in [1.54, 1.807) is 0 Å². The van der Waals surface area contributed by atoms with E-state index in [1.807, 2.05) is 20.8 Å². The van der Waals surface area contributed by atoms with Gasteiger partial charge in [0.05, 0.1) is 24.2 Å². The summed E-state index contributed by atoms with van der Waals surface area (Å²) < 4.78 is 12.0. The zero-order valence-corrected chi connectivity index (χ0v) is 20.6. The summed E-state index contributed by atoms with van der Waals surface area (Å²) >= 11 is 0. The van der Waals surface area contributed by atoms with Gasteiger partial charge in [0, 0.05) is 11.3 Å². The molecule has 0 heterocycles. The van der Waals surface area contributed by atoms with Gasteiger partial charge in [-0.05, 0) is 90.4 Å². The third-order valence-corrected chi connectivity index (χ3v) is 7.54. The van der Waals surface area contributed by atoms with Crippen LogP contribution in [0.2, 0.25) is 0 Å². The summed E-state index contributed by atoms with van der Waals surface area (Å²) in [5, 5.41) is 0. The van der Waals surface area contributed by atoms with Crippen LogP contribution in [0.5, 0.6) is 0 Å². The monoisotopic (exact) mass is 422 g/mol. The van der Waals surface area contributed by atoms with Crippen molar-refractivity contribution in [3.05, 3.63) is 0 Å². The summed E-state index contributed by atoms with van der Waals surface area (Å²) in [6.45, 7) is 15.2.